The molecule has 6 heteroatoms. The summed E-state index contributed by atoms with van der Waals surface area (Å²) in [4.78, 5) is 25.2. The van der Waals surface area contributed by atoms with Gasteiger partial charge in [0.15, 0.2) is 0 Å². The normalized spacial score (nSPS) is 11.2. The number of hydrogen-bond donors (Lipinski definition) is 2. The molecule has 122 valence electrons. The number of anilines is 1. The maximum atomic E-state index is 12.1. The minimum Gasteiger partial charge on any atom is -0.337 e. The second kappa shape index (κ2) is 6.70. The Morgan fingerprint density at radius 3 is 2.92 bits per heavy atom. The molecular formula is C19H14N4OS. The molecule has 0 aliphatic rings. The molecule has 0 unspecified atom stereocenters. The number of aromatic amines is 1. The van der Waals surface area contributed by atoms with Crippen molar-refractivity contribution in [1.82, 2.24) is 15.0 Å². The fraction of sp³-hybridized carbons (Fsp3) is 0. The number of hydrogen-bond acceptors (Lipinski definition) is 4. The molecule has 0 radical (unpaired) electrons. The average Bonchev–Trinajstić information content (AvgIpc) is 3.30. The number of H-pyrrole nitrogens is 1. The largest absolute Gasteiger partial charge is 0.337 e. The molecule has 4 rings (SSSR count). The first-order valence-corrected chi connectivity index (χ1v) is 8.60. The van der Waals surface area contributed by atoms with Crippen LogP contribution in [0.1, 0.15) is 5.69 Å². The molecule has 1 amide bonds. The number of rotatable bonds is 4. The fourth-order valence-corrected chi connectivity index (χ4v) is 3.11. The maximum Gasteiger partial charge on any atom is 0.248 e. The molecule has 0 atom stereocenters. The molecule has 0 aliphatic heterocycles. The highest BCUT2D eigenvalue weighted by molar-refractivity contribution is 7.13. The summed E-state index contributed by atoms with van der Waals surface area (Å²) < 4.78 is 0. The zero-order chi connectivity index (χ0) is 17.1. The molecule has 25 heavy (non-hydrogen) atoms. The first-order valence-electron chi connectivity index (χ1n) is 7.72. The maximum absolute atomic E-state index is 12.1. The Morgan fingerprint density at radius 2 is 2.12 bits per heavy atom. The van der Waals surface area contributed by atoms with Crippen LogP contribution in [0.25, 0.3) is 27.8 Å². The van der Waals surface area contributed by atoms with Crippen molar-refractivity contribution in [3.8, 4) is 10.7 Å². The highest BCUT2D eigenvalue weighted by atomic mass is 32.1. The molecule has 0 bridgehead atoms. The second-order valence-corrected chi connectivity index (χ2v) is 6.32. The van der Waals surface area contributed by atoms with Gasteiger partial charge in [-0.1, -0.05) is 12.1 Å². The Hall–Kier alpha value is -3.25. The molecule has 1 aromatic carbocycles. The van der Waals surface area contributed by atoms with Crippen LogP contribution in [0.5, 0.6) is 0 Å². The second-order valence-electron chi connectivity index (χ2n) is 5.37. The van der Waals surface area contributed by atoms with Crippen molar-refractivity contribution in [2.75, 3.05) is 5.32 Å². The smallest absolute Gasteiger partial charge is 0.248 e. The Kier molecular flexibility index (Phi) is 4.10. The SMILES string of the molecule is O=C(/C=C/c1ccccn1)Nc1ccc2nc(-c3cccs3)[nH]c2c1. The lowest BCUT2D eigenvalue weighted by atomic mass is 10.2. The van der Waals surface area contributed by atoms with E-state index in [1.807, 2.05) is 53.9 Å². The van der Waals surface area contributed by atoms with Crippen molar-refractivity contribution in [2.24, 2.45) is 0 Å². The number of imidazole rings is 1. The third kappa shape index (κ3) is 3.49. The van der Waals surface area contributed by atoms with Crippen LogP contribution in [-0.4, -0.2) is 20.9 Å². The molecule has 0 saturated carbocycles. The molecule has 5 nitrogen and oxygen atoms in total. The van der Waals surface area contributed by atoms with E-state index < -0.39 is 0 Å². The van der Waals surface area contributed by atoms with Crippen molar-refractivity contribution in [1.29, 1.82) is 0 Å². The van der Waals surface area contributed by atoms with E-state index in [4.69, 9.17) is 0 Å². The van der Waals surface area contributed by atoms with Gasteiger partial charge in [-0.3, -0.25) is 9.78 Å². The van der Waals surface area contributed by atoms with Crippen LogP contribution in [0.15, 0.2) is 66.2 Å². The molecule has 0 saturated heterocycles. The predicted molar refractivity (Wildman–Crippen MR) is 101 cm³/mol. The first-order chi connectivity index (χ1) is 12.3. The van der Waals surface area contributed by atoms with Gasteiger partial charge in [0.05, 0.1) is 21.6 Å². The van der Waals surface area contributed by atoms with Crippen LogP contribution >= 0.6 is 11.3 Å². The lowest BCUT2D eigenvalue weighted by Crippen LogP contribution is -2.07. The lowest BCUT2D eigenvalue weighted by Gasteiger charge is -2.01. The predicted octanol–water partition coefficient (Wildman–Crippen LogP) is 4.34. The first kappa shape index (κ1) is 15.3. The van der Waals surface area contributed by atoms with Crippen LogP contribution < -0.4 is 5.32 Å². The summed E-state index contributed by atoms with van der Waals surface area (Å²) in [6.07, 6.45) is 4.84. The molecule has 2 N–H and O–H groups in total. The van der Waals surface area contributed by atoms with Gasteiger partial charge in [-0.15, -0.1) is 11.3 Å². The monoisotopic (exact) mass is 346 g/mol. The van der Waals surface area contributed by atoms with E-state index in [9.17, 15) is 4.79 Å². The molecular weight excluding hydrogens is 332 g/mol. The van der Waals surface area contributed by atoms with Gasteiger partial charge in [0, 0.05) is 18.0 Å². The van der Waals surface area contributed by atoms with Crippen LogP contribution in [0.2, 0.25) is 0 Å². The van der Waals surface area contributed by atoms with Crippen LogP contribution in [0.4, 0.5) is 5.69 Å². The number of fused-ring (bicyclic) bond motifs is 1. The van der Waals surface area contributed by atoms with Crippen LogP contribution in [0.3, 0.4) is 0 Å². The van der Waals surface area contributed by atoms with Crippen molar-refractivity contribution in [3.63, 3.8) is 0 Å². The molecule has 0 fully saturated rings. The quantitative estimate of drug-likeness (QED) is 0.540. The standard InChI is InChI=1S/C19H14N4OS/c24-18(9-7-13-4-1-2-10-20-13)21-14-6-8-15-16(12-14)23-19(22-15)17-5-3-11-25-17/h1-12H,(H,21,24)(H,22,23)/b9-7+. The number of thiophene rings is 1. The number of nitrogens with one attached hydrogen (secondary N) is 2. The summed E-state index contributed by atoms with van der Waals surface area (Å²) in [7, 11) is 0. The van der Waals surface area contributed by atoms with Crippen LogP contribution in [-0.2, 0) is 4.79 Å². The minimum absolute atomic E-state index is 0.206. The van der Waals surface area contributed by atoms with E-state index >= 15 is 0 Å². The summed E-state index contributed by atoms with van der Waals surface area (Å²) in [5.41, 5.74) is 3.20. The third-order valence-electron chi connectivity index (χ3n) is 3.60. The van der Waals surface area contributed by atoms with E-state index in [-0.39, 0.29) is 5.91 Å². The molecule has 3 heterocycles. The number of carbonyl (C=O) groups excluding carboxylic acids is 1. The molecule has 4 aromatic rings. The van der Waals surface area contributed by atoms with Gasteiger partial charge in [-0.05, 0) is 47.9 Å². The van der Waals surface area contributed by atoms with E-state index in [1.165, 1.54) is 6.08 Å². The van der Waals surface area contributed by atoms with E-state index in [0.29, 0.717) is 5.69 Å². The summed E-state index contributed by atoms with van der Waals surface area (Å²) >= 11 is 1.63. The van der Waals surface area contributed by atoms with Gasteiger partial charge in [-0.25, -0.2) is 4.98 Å². The number of aromatic nitrogens is 3. The van der Waals surface area contributed by atoms with Crippen molar-refractivity contribution < 1.29 is 4.79 Å². The fourth-order valence-electron chi connectivity index (χ4n) is 2.44. The third-order valence-corrected chi connectivity index (χ3v) is 4.47. The lowest BCUT2D eigenvalue weighted by molar-refractivity contribution is -0.111. The van der Waals surface area contributed by atoms with Crippen molar-refractivity contribution in [2.45, 2.75) is 0 Å². The number of amides is 1. The summed E-state index contributed by atoms with van der Waals surface area (Å²) in [6.45, 7) is 0. The number of carbonyl (C=O) groups is 1. The Balaban J connectivity index is 1.51. The Bertz CT molecular complexity index is 1040. The van der Waals surface area contributed by atoms with E-state index in [1.54, 1.807) is 23.6 Å². The Labute approximate surface area is 148 Å². The number of pyridine rings is 1. The molecule has 3 aromatic heterocycles. The molecule has 0 aliphatic carbocycles. The topological polar surface area (TPSA) is 70.7 Å². The van der Waals surface area contributed by atoms with Gasteiger partial charge in [0.25, 0.3) is 0 Å². The Morgan fingerprint density at radius 1 is 1.16 bits per heavy atom. The molecule has 0 spiro atoms. The summed E-state index contributed by atoms with van der Waals surface area (Å²) in [6, 6.07) is 15.2. The average molecular weight is 346 g/mol. The van der Waals surface area contributed by atoms with Gasteiger partial charge < -0.3 is 10.3 Å². The zero-order valence-corrected chi connectivity index (χ0v) is 14.0. The van der Waals surface area contributed by atoms with E-state index in [0.717, 1.165) is 27.4 Å². The van der Waals surface area contributed by atoms with Crippen LogP contribution in [0, 0.1) is 0 Å². The summed E-state index contributed by atoms with van der Waals surface area (Å²) in [5, 5.41) is 4.87. The zero-order valence-electron chi connectivity index (χ0n) is 13.1. The minimum atomic E-state index is -0.206. The van der Waals surface area contributed by atoms with E-state index in [2.05, 4.69) is 20.3 Å². The van der Waals surface area contributed by atoms with Gasteiger partial charge >= 0.3 is 0 Å². The number of benzene rings is 1. The van der Waals surface area contributed by atoms with Gasteiger partial charge in [0.1, 0.15) is 5.82 Å². The van der Waals surface area contributed by atoms with Gasteiger partial charge in [0.2, 0.25) is 5.91 Å². The van der Waals surface area contributed by atoms with Gasteiger partial charge in [-0.2, -0.15) is 0 Å². The number of nitrogens with zero attached hydrogens (tertiary/aromatic N) is 2. The van der Waals surface area contributed by atoms with Crippen molar-refractivity contribution >= 4 is 40.0 Å². The van der Waals surface area contributed by atoms with Crippen molar-refractivity contribution in [3.05, 3.63) is 71.9 Å². The summed E-state index contributed by atoms with van der Waals surface area (Å²) in [5.74, 6) is 0.631. The highest BCUT2D eigenvalue weighted by Gasteiger charge is 2.07. The highest BCUT2D eigenvalue weighted by Crippen LogP contribution is 2.25.